The number of pyridine rings is 1. The molecule has 3 unspecified atom stereocenters. The highest BCUT2D eigenvalue weighted by Gasteiger charge is 2.49. The summed E-state index contributed by atoms with van der Waals surface area (Å²) in [6.45, 7) is 2.13. The van der Waals surface area contributed by atoms with E-state index in [2.05, 4.69) is 17.2 Å². The third kappa shape index (κ3) is 3.23. The van der Waals surface area contributed by atoms with Crippen molar-refractivity contribution in [2.75, 3.05) is 10.2 Å². The molecule has 1 aliphatic heterocycles. The van der Waals surface area contributed by atoms with E-state index < -0.39 is 0 Å². The monoisotopic (exact) mass is 363 g/mol. The van der Waals surface area contributed by atoms with E-state index in [9.17, 15) is 14.4 Å². The summed E-state index contributed by atoms with van der Waals surface area (Å²) in [6.07, 6.45) is 4.12. The van der Waals surface area contributed by atoms with E-state index in [1.54, 1.807) is 48.7 Å². The van der Waals surface area contributed by atoms with Crippen LogP contribution in [0.15, 0.2) is 48.7 Å². The highest BCUT2D eigenvalue weighted by atomic mass is 16.2. The average Bonchev–Trinajstić information content (AvgIpc) is 2.93. The number of amides is 3. The summed E-state index contributed by atoms with van der Waals surface area (Å²) in [6, 6.07) is 11.9. The average molecular weight is 363 g/mol. The fourth-order valence-corrected chi connectivity index (χ4v) is 4.03. The van der Waals surface area contributed by atoms with Crippen molar-refractivity contribution in [2.45, 2.75) is 26.2 Å². The summed E-state index contributed by atoms with van der Waals surface area (Å²) in [7, 11) is 0. The van der Waals surface area contributed by atoms with Crippen molar-refractivity contribution in [2.24, 2.45) is 17.8 Å². The number of imide groups is 1. The molecule has 1 aliphatic carbocycles. The first-order valence-electron chi connectivity index (χ1n) is 9.25. The Balaban J connectivity index is 1.50. The van der Waals surface area contributed by atoms with Crippen LogP contribution in [0.2, 0.25) is 0 Å². The summed E-state index contributed by atoms with van der Waals surface area (Å²) in [4.78, 5) is 43.0. The first-order valence-corrected chi connectivity index (χ1v) is 9.25. The quantitative estimate of drug-likeness (QED) is 0.849. The normalized spacial score (nSPS) is 24.6. The molecule has 1 aromatic carbocycles. The molecule has 27 heavy (non-hydrogen) atoms. The zero-order valence-corrected chi connectivity index (χ0v) is 15.1. The molecule has 1 saturated heterocycles. The van der Waals surface area contributed by atoms with Crippen LogP contribution in [0.3, 0.4) is 0 Å². The lowest BCUT2D eigenvalue weighted by Crippen LogP contribution is -2.30. The number of carbonyl (C=O) groups is 3. The fraction of sp³-hybridized carbons (Fsp3) is 0.333. The maximum atomic E-state index is 12.8. The number of anilines is 2. The largest absolute Gasteiger partial charge is 0.321 e. The minimum absolute atomic E-state index is 0.0952. The second kappa shape index (κ2) is 6.95. The Hall–Kier alpha value is -3.02. The Bertz CT molecular complexity index is 879. The number of hydrogen-bond acceptors (Lipinski definition) is 4. The molecule has 2 heterocycles. The molecule has 1 N–H and O–H groups in total. The SMILES string of the molecule is CC1CCC2C(=O)N(c3ccc(NC(=O)c4ccccn4)cc3)C(=O)C2C1. The van der Waals surface area contributed by atoms with Gasteiger partial charge >= 0.3 is 0 Å². The molecule has 6 heteroatoms. The first-order chi connectivity index (χ1) is 13.0. The molecule has 1 aromatic heterocycles. The van der Waals surface area contributed by atoms with Crippen molar-refractivity contribution in [1.29, 1.82) is 0 Å². The van der Waals surface area contributed by atoms with Crippen molar-refractivity contribution >= 4 is 29.1 Å². The number of benzene rings is 1. The van der Waals surface area contributed by atoms with Crippen LogP contribution < -0.4 is 10.2 Å². The van der Waals surface area contributed by atoms with Crippen LogP contribution in [0.5, 0.6) is 0 Å². The summed E-state index contributed by atoms with van der Waals surface area (Å²) < 4.78 is 0. The number of nitrogens with one attached hydrogen (secondary N) is 1. The Labute approximate surface area is 157 Å². The van der Waals surface area contributed by atoms with E-state index in [-0.39, 0.29) is 29.6 Å². The standard InChI is InChI=1S/C21H21N3O3/c1-13-5-10-16-17(12-13)21(27)24(20(16)26)15-8-6-14(7-9-15)23-19(25)18-4-2-3-11-22-18/h2-4,6-9,11,13,16-17H,5,10,12H2,1H3,(H,23,25). The molecule has 3 amide bonds. The lowest BCUT2D eigenvalue weighted by Gasteiger charge is -2.25. The van der Waals surface area contributed by atoms with Gasteiger partial charge in [-0.25, -0.2) is 0 Å². The second-order valence-corrected chi connectivity index (χ2v) is 7.36. The topological polar surface area (TPSA) is 79.4 Å². The molecule has 138 valence electrons. The van der Waals surface area contributed by atoms with Gasteiger partial charge in [-0.2, -0.15) is 0 Å². The first kappa shape index (κ1) is 17.4. The summed E-state index contributed by atoms with van der Waals surface area (Å²) >= 11 is 0. The van der Waals surface area contributed by atoms with Crippen LogP contribution in [-0.4, -0.2) is 22.7 Å². The Morgan fingerprint density at radius 1 is 1.04 bits per heavy atom. The van der Waals surface area contributed by atoms with Crippen molar-refractivity contribution < 1.29 is 14.4 Å². The zero-order valence-electron chi connectivity index (χ0n) is 15.1. The van der Waals surface area contributed by atoms with E-state index in [4.69, 9.17) is 0 Å². The predicted molar refractivity (Wildman–Crippen MR) is 101 cm³/mol. The molecule has 0 bridgehead atoms. The minimum atomic E-state index is -0.309. The van der Waals surface area contributed by atoms with E-state index in [0.717, 1.165) is 19.3 Å². The number of nitrogens with zero attached hydrogens (tertiary/aromatic N) is 2. The predicted octanol–water partition coefficient (Wildman–Crippen LogP) is 3.26. The number of aromatic nitrogens is 1. The van der Waals surface area contributed by atoms with Gasteiger partial charge in [-0.05, 0) is 61.6 Å². The van der Waals surface area contributed by atoms with Gasteiger partial charge < -0.3 is 5.32 Å². The van der Waals surface area contributed by atoms with Gasteiger partial charge in [-0.3, -0.25) is 24.3 Å². The molecule has 0 spiro atoms. The highest BCUT2D eigenvalue weighted by molar-refractivity contribution is 6.22. The fourth-order valence-electron chi connectivity index (χ4n) is 4.03. The van der Waals surface area contributed by atoms with E-state index in [1.807, 2.05) is 0 Å². The molecule has 2 aromatic rings. The van der Waals surface area contributed by atoms with Gasteiger partial charge in [0.1, 0.15) is 5.69 Å². The maximum absolute atomic E-state index is 12.8. The van der Waals surface area contributed by atoms with Gasteiger partial charge in [0.15, 0.2) is 0 Å². The van der Waals surface area contributed by atoms with Gasteiger partial charge in [0.25, 0.3) is 5.91 Å². The van der Waals surface area contributed by atoms with Crippen molar-refractivity contribution in [3.05, 3.63) is 54.4 Å². The van der Waals surface area contributed by atoms with Gasteiger partial charge in [0, 0.05) is 11.9 Å². The van der Waals surface area contributed by atoms with Crippen LogP contribution in [0, 0.1) is 17.8 Å². The molecule has 6 nitrogen and oxygen atoms in total. The minimum Gasteiger partial charge on any atom is -0.321 e. The number of hydrogen-bond donors (Lipinski definition) is 1. The van der Waals surface area contributed by atoms with Crippen molar-refractivity contribution in [1.82, 2.24) is 4.98 Å². The van der Waals surface area contributed by atoms with Gasteiger partial charge in [0.2, 0.25) is 11.8 Å². The Morgan fingerprint density at radius 2 is 1.78 bits per heavy atom. The molecule has 2 fully saturated rings. The second-order valence-electron chi connectivity index (χ2n) is 7.36. The van der Waals surface area contributed by atoms with Crippen molar-refractivity contribution in [3.63, 3.8) is 0 Å². The molecule has 3 atom stereocenters. The number of fused-ring (bicyclic) bond motifs is 1. The Kier molecular flexibility index (Phi) is 4.48. The lowest BCUT2D eigenvalue weighted by molar-refractivity contribution is -0.122. The van der Waals surface area contributed by atoms with E-state index in [1.165, 1.54) is 4.90 Å². The van der Waals surface area contributed by atoms with Gasteiger partial charge in [-0.1, -0.05) is 13.0 Å². The van der Waals surface area contributed by atoms with Crippen LogP contribution in [0.4, 0.5) is 11.4 Å². The summed E-state index contributed by atoms with van der Waals surface area (Å²) in [5, 5.41) is 2.76. The van der Waals surface area contributed by atoms with Gasteiger partial charge in [0.05, 0.1) is 17.5 Å². The van der Waals surface area contributed by atoms with Crippen LogP contribution in [-0.2, 0) is 9.59 Å². The Morgan fingerprint density at radius 3 is 2.48 bits per heavy atom. The van der Waals surface area contributed by atoms with Crippen LogP contribution >= 0.6 is 0 Å². The van der Waals surface area contributed by atoms with Crippen molar-refractivity contribution in [3.8, 4) is 0 Å². The molecule has 1 saturated carbocycles. The third-order valence-electron chi connectivity index (χ3n) is 5.47. The molecule has 4 rings (SSSR count). The molecular formula is C21H21N3O3. The molecule has 0 radical (unpaired) electrons. The van der Waals surface area contributed by atoms with Crippen LogP contribution in [0.1, 0.15) is 36.7 Å². The number of carbonyl (C=O) groups excluding carboxylic acids is 3. The summed E-state index contributed by atoms with van der Waals surface area (Å²) in [5.74, 6) is -0.394. The number of rotatable bonds is 3. The zero-order chi connectivity index (χ0) is 19.0. The molecule has 2 aliphatic rings. The smallest absolute Gasteiger partial charge is 0.274 e. The highest BCUT2D eigenvalue weighted by Crippen LogP contribution is 2.42. The van der Waals surface area contributed by atoms with E-state index in [0.29, 0.717) is 23.0 Å². The lowest BCUT2D eigenvalue weighted by atomic mass is 9.76. The van der Waals surface area contributed by atoms with Gasteiger partial charge in [-0.15, -0.1) is 0 Å². The van der Waals surface area contributed by atoms with Crippen LogP contribution in [0.25, 0.3) is 0 Å². The summed E-state index contributed by atoms with van der Waals surface area (Å²) in [5.41, 5.74) is 1.46. The third-order valence-corrected chi connectivity index (χ3v) is 5.47. The molecular weight excluding hydrogens is 342 g/mol. The maximum Gasteiger partial charge on any atom is 0.274 e. The van der Waals surface area contributed by atoms with E-state index >= 15 is 0 Å².